The monoisotopic (exact) mass is 228 g/mol. The number of aryl methyl sites for hydroxylation is 2. The first-order valence-corrected chi connectivity index (χ1v) is 7.03. The van der Waals surface area contributed by atoms with Crippen molar-refractivity contribution in [3.05, 3.63) is 47.0 Å². The van der Waals surface area contributed by atoms with Crippen LogP contribution in [0, 0.1) is 5.92 Å². The van der Waals surface area contributed by atoms with Crippen molar-refractivity contribution in [3.8, 4) is 0 Å². The number of hydrogen-bond acceptors (Lipinski definition) is 0. The van der Waals surface area contributed by atoms with Crippen molar-refractivity contribution in [2.75, 3.05) is 0 Å². The maximum atomic E-state index is 4.27. The molecule has 1 aliphatic rings. The average molecular weight is 228 g/mol. The summed E-state index contributed by atoms with van der Waals surface area (Å²) in [7, 11) is 0. The van der Waals surface area contributed by atoms with Crippen molar-refractivity contribution in [2.45, 2.75) is 52.4 Å². The largest absolute Gasteiger partial charge is 0.0996 e. The number of benzene rings is 1. The Labute approximate surface area is 106 Å². The van der Waals surface area contributed by atoms with E-state index >= 15 is 0 Å². The zero-order valence-electron chi connectivity index (χ0n) is 11.3. The van der Waals surface area contributed by atoms with E-state index in [1.165, 1.54) is 49.7 Å². The maximum Gasteiger partial charge on any atom is -0.0168 e. The van der Waals surface area contributed by atoms with Gasteiger partial charge in [0.15, 0.2) is 0 Å². The molecule has 1 atom stereocenters. The number of hydrogen-bond donors (Lipinski definition) is 0. The fourth-order valence-corrected chi connectivity index (χ4v) is 2.90. The highest BCUT2D eigenvalue weighted by Crippen LogP contribution is 2.30. The first-order chi connectivity index (χ1) is 8.24. The molecule has 0 spiro atoms. The summed E-state index contributed by atoms with van der Waals surface area (Å²) in [6, 6.07) is 7.12. The van der Waals surface area contributed by atoms with Crippen molar-refractivity contribution < 1.29 is 0 Å². The summed E-state index contributed by atoms with van der Waals surface area (Å²) in [6.07, 6.45) is 7.27. The van der Waals surface area contributed by atoms with Crippen LogP contribution in [0.1, 0.15) is 49.8 Å². The lowest BCUT2D eigenvalue weighted by Gasteiger charge is -2.14. The maximum absolute atomic E-state index is 4.27. The molecule has 1 aromatic carbocycles. The van der Waals surface area contributed by atoms with Crippen molar-refractivity contribution in [1.82, 2.24) is 0 Å². The van der Waals surface area contributed by atoms with Crippen LogP contribution in [-0.2, 0) is 19.3 Å². The van der Waals surface area contributed by atoms with Gasteiger partial charge in [-0.25, -0.2) is 0 Å². The summed E-state index contributed by atoms with van der Waals surface area (Å²) in [6.45, 7) is 8.80. The van der Waals surface area contributed by atoms with E-state index in [1.54, 1.807) is 11.1 Å². The Morgan fingerprint density at radius 3 is 2.71 bits per heavy atom. The molecule has 0 heteroatoms. The average Bonchev–Trinajstić information content (AvgIpc) is 2.49. The minimum absolute atomic E-state index is 0.702. The number of rotatable bonds is 3. The van der Waals surface area contributed by atoms with E-state index in [1.807, 2.05) is 0 Å². The SMILES string of the molecule is C=C1CCc2cc(CCC)ccc2C[C@@H]1CC. The lowest BCUT2D eigenvalue weighted by molar-refractivity contribution is 0.581. The van der Waals surface area contributed by atoms with Gasteiger partial charge >= 0.3 is 0 Å². The third-order valence-electron chi connectivity index (χ3n) is 4.06. The van der Waals surface area contributed by atoms with Crippen LogP contribution in [-0.4, -0.2) is 0 Å². The Hall–Kier alpha value is -1.04. The second-order valence-corrected chi connectivity index (χ2v) is 5.32. The van der Waals surface area contributed by atoms with Gasteiger partial charge in [-0.1, -0.05) is 50.6 Å². The predicted octanol–water partition coefficient (Wildman–Crippen LogP) is 4.71. The highest BCUT2D eigenvalue weighted by atomic mass is 14.2. The molecule has 1 aliphatic carbocycles. The molecule has 92 valence electrons. The van der Waals surface area contributed by atoms with Gasteiger partial charge < -0.3 is 0 Å². The summed E-state index contributed by atoms with van der Waals surface area (Å²) < 4.78 is 0. The van der Waals surface area contributed by atoms with Gasteiger partial charge in [0.1, 0.15) is 0 Å². The number of fused-ring (bicyclic) bond motifs is 1. The highest BCUT2D eigenvalue weighted by molar-refractivity contribution is 5.35. The zero-order valence-corrected chi connectivity index (χ0v) is 11.3. The van der Waals surface area contributed by atoms with Gasteiger partial charge in [-0.2, -0.15) is 0 Å². The van der Waals surface area contributed by atoms with E-state index in [0.717, 1.165) is 0 Å². The molecule has 0 amide bonds. The molecule has 1 aromatic rings. The Bertz CT molecular complexity index is 400. The molecule has 0 saturated carbocycles. The predicted molar refractivity (Wildman–Crippen MR) is 75.4 cm³/mol. The lowest BCUT2D eigenvalue weighted by atomic mass is 9.91. The van der Waals surface area contributed by atoms with Crippen molar-refractivity contribution in [3.63, 3.8) is 0 Å². The molecule has 17 heavy (non-hydrogen) atoms. The first-order valence-electron chi connectivity index (χ1n) is 7.03. The van der Waals surface area contributed by atoms with E-state index in [9.17, 15) is 0 Å². The number of allylic oxidation sites excluding steroid dienone is 1. The Morgan fingerprint density at radius 1 is 1.18 bits per heavy atom. The van der Waals surface area contributed by atoms with Crippen LogP contribution in [0.4, 0.5) is 0 Å². The van der Waals surface area contributed by atoms with Crippen LogP contribution in [0.15, 0.2) is 30.4 Å². The van der Waals surface area contributed by atoms with Gasteiger partial charge in [0.2, 0.25) is 0 Å². The molecule has 0 fully saturated rings. The van der Waals surface area contributed by atoms with Gasteiger partial charge in [0.05, 0.1) is 0 Å². The van der Waals surface area contributed by atoms with Gasteiger partial charge in [-0.05, 0) is 54.7 Å². The summed E-state index contributed by atoms with van der Waals surface area (Å²) in [5, 5.41) is 0. The topological polar surface area (TPSA) is 0 Å². The van der Waals surface area contributed by atoms with Crippen LogP contribution in [0.2, 0.25) is 0 Å². The smallest absolute Gasteiger partial charge is 0.0168 e. The molecule has 0 aromatic heterocycles. The fraction of sp³-hybridized carbons (Fsp3) is 0.529. The highest BCUT2D eigenvalue weighted by Gasteiger charge is 2.18. The van der Waals surface area contributed by atoms with Gasteiger partial charge in [0, 0.05) is 0 Å². The first kappa shape index (κ1) is 12.4. The van der Waals surface area contributed by atoms with Crippen molar-refractivity contribution in [1.29, 1.82) is 0 Å². The lowest BCUT2D eigenvalue weighted by Crippen LogP contribution is -2.04. The molecular formula is C17H24. The molecule has 0 heterocycles. The van der Waals surface area contributed by atoms with Gasteiger partial charge in [-0.15, -0.1) is 0 Å². The minimum atomic E-state index is 0.702. The van der Waals surface area contributed by atoms with Gasteiger partial charge in [-0.3, -0.25) is 0 Å². The van der Waals surface area contributed by atoms with E-state index in [0.29, 0.717) is 5.92 Å². The van der Waals surface area contributed by atoms with E-state index in [4.69, 9.17) is 0 Å². The fourth-order valence-electron chi connectivity index (χ4n) is 2.90. The van der Waals surface area contributed by atoms with E-state index in [2.05, 4.69) is 38.6 Å². The molecule has 0 aliphatic heterocycles. The van der Waals surface area contributed by atoms with E-state index in [-0.39, 0.29) is 0 Å². The second-order valence-electron chi connectivity index (χ2n) is 5.32. The molecule has 0 saturated heterocycles. The summed E-state index contributed by atoms with van der Waals surface area (Å²) in [5.41, 5.74) is 6.11. The molecule has 0 unspecified atom stereocenters. The molecule has 0 N–H and O–H groups in total. The summed E-state index contributed by atoms with van der Waals surface area (Å²) >= 11 is 0. The van der Waals surface area contributed by atoms with Crippen LogP contribution >= 0.6 is 0 Å². The van der Waals surface area contributed by atoms with Crippen LogP contribution in [0.25, 0.3) is 0 Å². The molecule has 0 radical (unpaired) electrons. The third-order valence-corrected chi connectivity index (χ3v) is 4.06. The van der Waals surface area contributed by atoms with Crippen molar-refractivity contribution >= 4 is 0 Å². The van der Waals surface area contributed by atoms with Crippen LogP contribution in [0.3, 0.4) is 0 Å². The standard InChI is InChI=1S/C17H24/c1-4-6-14-8-10-17-12-15(5-2)13(3)7-9-16(17)11-14/h8,10-11,15H,3-7,9,12H2,1-2H3/t15-/m0/s1. The molecular weight excluding hydrogens is 204 g/mol. The zero-order chi connectivity index (χ0) is 12.3. The normalized spacial score (nSPS) is 19.9. The quantitative estimate of drug-likeness (QED) is 0.519. The van der Waals surface area contributed by atoms with E-state index < -0.39 is 0 Å². The minimum Gasteiger partial charge on any atom is -0.0996 e. The van der Waals surface area contributed by atoms with Gasteiger partial charge in [0.25, 0.3) is 0 Å². The molecule has 0 nitrogen and oxygen atoms in total. The summed E-state index contributed by atoms with van der Waals surface area (Å²) in [4.78, 5) is 0. The Balaban J connectivity index is 2.26. The second kappa shape index (κ2) is 5.53. The molecule has 2 rings (SSSR count). The van der Waals surface area contributed by atoms with Crippen LogP contribution < -0.4 is 0 Å². The van der Waals surface area contributed by atoms with Crippen LogP contribution in [0.5, 0.6) is 0 Å². The third kappa shape index (κ3) is 2.80. The van der Waals surface area contributed by atoms with Crippen molar-refractivity contribution in [2.24, 2.45) is 5.92 Å². The summed E-state index contributed by atoms with van der Waals surface area (Å²) in [5.74, 6) is 0.702. The Morgan fingerprint density at radius 2 is 2.00 bits per heavy atom. The Kier molecular flexibility index (Phi) is 4.04. The molecule has 0 bridgehead atoms.